The van der Waals surface area contributed by atoms with Crippen molar-refractivity contribution in [2.24, 2.45) is 11.7 Å². The molecule has 4 N–H and O–H groups in total. The largest absolute Gasteiger partial charge is 0.493 e. The van der Waals surface area contributed by atoms with Gasteiger partial charge >= 0.3 is 11.9 Å². The minimum Gasteiger partial charge on any atom is -0.493 e. The fourth-order valence-electron chi connectivity index (χ4n) is 8.26. The summed E-state index contributed by atoms with van der Waals surface area (Å²) in [6.07, 6.45) is 12.5. The number of piperidine rings is 2. The number of carbonyl (C=O) groups excluding carboxylic acids is 3. The number of nitrogens with two attached hydrogens (primary N) is 1. The molecule has 4 aromatic carbocycles. The second kappa shape index (κ2) is 25.5. The van der Waals surface area contributed by atoms with Gasteiger partial charge in [-0.3, -0.25) is 9.59 Å². The van der Waals surface area contributed by atoms with Gasteiger partial charge < -0.3 is 40.1 Å². The van der Waals surface area contributed by atoms with Gasteiger partial charge in [0, 0.05) is 52.5 Å². The molecule has 0 saturated carbocycles. The van der Waals surface area contributed by atoms with E-state index in [4.69, 9.17) is 53.1 Å². The topological polar surface area (TPSA) is 171 Å². The molecule has 4 aliphatic rings. The van der Waals surface area contributed by atoms with Crippen molar-refractivity contribution in [3.63, 3.8) is 0 Å². The van der Waals surface area contributed by atoms with Crippen LogP contribution in [0.4, 0.5) is 0 Å². The Bertz CT molecular complexity index is 2240. The lowest BCUT2D eigenvalue weighted by molar-refractivity contribution is -0.142. The average Bonchev–Trinajstić information content (AvgIpc) is 3.29. The number of ketones is 1. The fraction of sp³-hybridized carbons (Fsp3) is 0.451. The molecule has 348 valence electrons. The van der Waals surface area contributed by atoms with Crippen molar-refractivity contribution in [2.75, 3.05) is 26.3 Å². The van der Waals surface area contributed by atoms with Gasteiger partial charge in [0.2, 0.25) is 0 Å². The summed E-state index contributed by atoms with van der Waals surface area (Å²) in [7, 11) is 0. The van der Waals surface area contributed by atoms with E-state index in [1.54, 1.807) is 42.7 Å². The Balaban J connectivity index is 0.000000207. The highest BCUT2D eigenvalue weighted by molar-refractivity contribution is 6.30. The zero-order valence-corrected chi connectivity index (χ0v) is 38.1. The summed E-state index contributed by atoms with van der Waals surface area (Å²) in [5.74, 6) is 2.13. The number of hydrogen-bond donors (Lipinski definition) is 3. The highest BCUT2D eigenvalue weighted by Crippen LogP contribution is 2.38. The molecule has 0 spiro atoms. The maximum absolute atomic E-state index is 12.6. The summed E-state index contributed by atoms with van der Waals surface area (Å²) in [6, 6.07) is 22.1. The Morgan fingerprint density at radius 2 is 1.25 bits per heavy atom. The monoisotopic (exact) mass is 928 g/mol. The zero-order valence-electron chi connectivity index (χ0n) is 36.6. The average molecular weight is 930 g/mol. The zero-order chi connectivity index (χ0) is 45.4. The van der Waals surface area contributed by atoms with Crippen molar-refractivity contribution >= 4 is 40.9 Å². The summed E-state index contributed by atoms with van der Waals surface area (Å²) in [4.78, 5) is 36.8. The number of carbonyl (C=O) groups is 3. The van der Waals surface area contributed by atoms with Gasteiger partial charge in [0.15, 0.2) is 0 Å². The van der Waals surface area contributed by atoms with Crippen molar-refractivity contribution in [2.45, 2.75) is 116 Å². The Labute approximate surface area is 393 Å². The molecule has 4 aliphatic heterocycles. The summed E-state index contributed by atoms with van der Waals surface area (Å²) < 4.78 is 27.5. The SMILES string of the molecule is C.Cc1c(OCCC2CCCCN2)ccc2c1OC(=O)C(CC(=O)Cc1ccc(Cl)cc1)C2.Cc1c(OCCC2CCCCN2)ccc2c1OC(=O)C(N)C2.N#COc1ccc(Cl)cc1. The van der Waals surface area contributed by atoms with Crippen molar-refractivity contribution in [1.29, 1.82) is 5.26 Å². The number of nitrogens with one attached hydrogen (secondary N) is 2. The number of fused-ring (bicyclic) bond motifs is 2. The smallest absolute Gasteiger partial charge is 0.328 e. The molecule has 0 aliphatic carbocycles. The van der Waals surface area contributed by atoms with Gasteiger partial charge in [-0.05, 0) is 137 Å². The molecule has 0 radical (unpaired) electrons. The van der Waals surface area contributed by atoms with E-state index in [1.165, 1.54) is 38.5 Å². The van der Waals surface area contributed by atoms with Crippen LogP contribution < -0.4 is 40.1 Å². The lowest BCUT2D eigenvalue weighted by Crippen LogP contribution is -2.39. The quantitative estimate of drug-likeness (QED) is 0.0661. The third kappa shape index (κ3) is 15.2. The molecule has 0 amide bonds. The first kappa shape index (κ1) is 50.8. The van der Waals surface area contributed by atoms with E-state index in [-0.39, 0.29) is 38.0 Å². The first-order valence-electron chi connectivity index (χ1n) is 22.2. The van der Waals surface area contributed by atoms with E-state index in [0.29, 0.717) is 65.4 Å². The van der Waals surface area contributed by atoms with Crippen molar-refractivity contribution in [1.82, 2.24) is 10.6 Å². The van der Waals surface area contributed by atoms with Gasteiger partial charge in [-0.25, -0.2) is 4.79 Å². The summed E-state index contributed by atoms with van der Waals surface area (Å²) in [6.45, 7) is 7.35. The molecule has 2 saturated heterocycles. The Hall–Kier alpha value is -5.16. The minimum absolute atomic E-state index is 0. The molecule has 0 aromatic heterocycles. The van der Waals surface area contributed by atoms with Crippen LogP contribution in [0.25, 0.3) is 0 Å². The molecule has 8 rings (SSSR count). The Morgan fingerprint density at radius 1 is 0.738 bits per heavy atom. The van der Waals surface area contributed by atoms with Gasteiger partial charge in [-0.15, -0.1) is 5.26 Å². The van der Waals surface area contributed by atoms with E-state index < -0.39 is 12.0 Å². The van der Waals surface area contributed by atoms with Gasteiger partial charge in [-0.2, -0.15) is 0 Å². The summed E-state index contributed by atoms with van der Waals surface area (Å²) >= 11 is 11.5. The summed E-state index contributed by atoms with van der Waals surface area (Å²) in [5, 5.41) is 16.4. The molecule has 0 bridgehead atoms. The van der Waals surface area contributed by atoms with Crippen LogP contribution >= 0.6 is 23.2 Å². The first-order chi connectivity index (χ1) is 31.0. The predicted octanol–water partition coefficient (Wildman–Crippen LogP) is 9.37. The van der Waals surface area contributed by atoms with Crippen LogP contribution in [0.2, 0.25) is 10.0 Å². The maximum atomic E-state index is 12.6. The molecule has 4 aromatic rings. The van der Waals surface area contributed by atoms with E-state index in [9.17, 15) is 14.4 Å². The molecular weight excluding hydrogens is 867 g/mol. The number of rotatable bonds is 13. The van der Waals surface area contributed by atoms with Crippen LogP contribution in [0.5, 0.6) is 28.7 Å². The van der Waals surface area contributed by atoms with Crippen LogP contribution in [0.1, 0.15) is 93.0 Å². The Kier molecular flexibility index (Phi) is 20.0. The standard InChI is InChI=1S/C26H30ClNO4.C17H24N2O3.C7H4ClNO.CH4/c1-17-24(31-13-11-22-4-2-3-12-28-22)10-7-19-15-20(26(30)32-25(17)19)16-23(29)14-18-5-8-21(27)9-6-18;1-11-15(21-9-7-13-4-2-3-8-19-13)6-5-12-10-14(18)17(20)22-16(11)12;8-6-1-3-7(4-2-6)10-5-9;/h5-10,20,22,28H,2-4,11-16H2,1H3;5-6,13-14,19H,2-4,7-10,18H2,1H3;1-4H;1H4. The van der Waals surface area contributed by atoms with Crippen LogP contribution in [-0.2, 0) is 33.6 Å². The van der Waals surface area contributed by atoms with Crippen LogP contribution in [0.3, 0.4) is 0 Å². The molecule has 14 heteroatoms. The number of Topliss-reactive ketones (excluding diaryl/α,β-unsaturated/α-hetero) is 1. The number of ether oxygens (including phenoxy) is 5. The third-order valence-corrected chi connectivity index (χ3v) is 12.4. The molecule has 12 nitrogen and oxygen atoms in total. The maximum Gasteiger partial charge on any atom is 0.328 e. The highest BCUT2D eigenvalue weighted by atomic mass is 35.5. The Morgan fingerprint density at radius 3 is 1.75 bits per heavy atom. The van der Waals surface area contributed by atoms with E-state index >= 15 is 0 Å². The van der Waals surface area contributed by atoms with Gasteiger partial charge in [-0.1, -0.05) is 67.7 Å². The molecule has 65 heavy (non-hydrogen) atoms. The van der Waals surface area contributed by atoms with Crippen LogP contribution in [0, 0.1) is 31.3 Å². The molecule has 2 fully saturated rings. The normalized spacial score (nSPS) is 19.6. The molecule has 4 unspecified atom stereocenters. The number of nitriles is 1. The van der Waals surface area contributed by atoms with Crippen molar-refractivity contribution in [3.8, 4) is 35.0 Å². The number of nitrogens with zero attached hydrogens (tertiary/aromatic N) is 1. The van der Waals surface area contributed by atoms with Crippen LogP contribution in [0.15, 0.2) is 72.8 Å². The highest BCUT2D eigenvalue weighted by Gasteiger charge is 2.32. The van der Waals surface area contributed by atoms with Crippen molar-refractivity contribution in [3.05, 3.63) is 111 Å². The molecule has 4 atom stereocenters. The lowest BCUT2D eigenvalue weighted by Gasteiger charge is -2.26. The molecular formula is C51H62Cl2N4O8. The number of halogens is 2. The molecule has 4 heterocycles. The number of esters is 2. The minimum atomic E-state index is -0.559. The van der Waals surface area contributed by atoms with E-state index in [1.807, 2.05) is 50.2 Å². The number of benzene rings is 4. The number of hydrogen-bond acceptors (Lipinski definition) is 12. The first-order valence-corrected chi connectivity index (χ1v) is 23.0. The van der Waals surface area contributed by atoms with Gasteiger partial charge in [0.25, 0.3) is 6.26 Å². The third-order valence-electron chi connectivity index (χ3n) is 11.9. The van der Waals surface area contributed by atoms with E-state index in [0.717, 1.165) is 65.2 Å². The van der Waals surface area contributed by atoms with Crippen LogP contribution in [-0.4, -0.2) is 62.2 Å². The second-order valence-electron chi connectivity index (χ2n) is 16.7. The lowest BCUT2D eigenvalue weighted by atomic mass is 9.89. The summed E-state index contributed by atoms with van der Waals surface area (Å²) in [5.41, 5.74) is 10.3. The fourth-order valence-corrected chi connectivity index (χ4v) is 8.51. The van der Waals surface area contributed by atoms with E-state index in [2.05, 4.69) is 15.4 Å². The van der Waals surface area contributed by atoms with Gasteiger partial charge in [0.1, 0.15) is 40.6 Å². The predicted molar refractivity (Wildman–Crippen MR) is 253 cm³/mol. The van der Waals surface area contributed by atoms with Gasteiger partial charge in [0.05, 0.1) is 19.1 Å². The van der Waals surface area contributed by atoms with Crippen molar-refractivity contribution < 1.29 is 38.1 Å². The second-order valence-corrected chi connectivity index (χ2v) is 17.5.